The molecule has 0 radical (unpaired) electrons. The molecule has 1 amide bonds. The summed E-state index contributed by atoms with van der Waals surface area (Å²) in [6, 6.07) is 5.82. The number of hydrogen-bond donors (Lipinski definition) is 2. The highest BCUT2D eigenvalue weighted by Gasteiger charge is 2.18. The predicted octanol–water partition coefficient (Wildman–Crippen LogP) is 1.52. The van der Waals surface area contributed by atoms with Gasteiger partial charge in [-0.15, -0.1) is 16.4 Å². The first-order valence-corrected chi connectivity index (χ1v) is 10.3. The molecule has 0 bridgehead atoms. The highest BCUT2D eigenvalue weighted by Crippen LogP contribution is 2.31. The van der Waals surface area contributed by atoms with Crippen LogP contribution in [0.4, 0.5) is 5.95 Å². The molecule has 26 heavy (non-hydrogen) atoms. The van der Waals surface area contributed by atoms with Crippen LogP contribution in [0.1, 0.15) is 16.1 Å². The summed E-state index contributed by atoms with van der Waals surface area (Å²) in [6.45, 7) is 0.678. The van der Waals surface area contributed by atoms with Crippen molar-refractivity contribution in [2.24, 2.45) is 0 Å². The summed E-state index contributed by atoms with van der Waals surface area (Å²) in [5.41, 5.74) is 2.25. The lowest BCUT2D eigenvalue weighted by molar-refractivity contribution is 0.102. The molecule has 0 aliphatic carbocycles. The third-order valence-electron chi connectivity index (χ3n) is 3.70. The van der Waals surface area contributed by atoms with E-state index in [1.807, 2.05) is 18.2 Å². The molecule has 0 atom stereocenters. The molecule has 0 saturated heterocycles. The average molecular weight is 391 g/mol. The second kappa shape index (κ2) is 6.18. The third kappa shape index (κ3) is 3.18. The molecule has 0 fully saturated rings. The second-order valence-electron chi connectivity index (χ2n) is 5.65. The van der Waals surface area contributed by atoms with Crippen LogP contribution in [0.15, 0.2) is 28.7 Å². The molecule has 0 spiro atoms. The number of amides is 1. The molecule has 11 heteroatoms. The maximum atomic E-state index is 12.3. The van der Waals surface area contributed by atoms with Crippen LogP contribution in [0.5, 0.6) is 5.75 Å². The lowest BCUT2D eigenvalue weighted by Crippen LogP contribution is -2.13. The molecule has 0 saturated carbocycles. The number of aromatic nitrogens is 4. The van der Waals surface area contributed by atoms with E-state index in [1.165, 1.54) is 11.3 Å². The smallest absolute Gasteiger partial charge is 0.277 e. The Hall–Kier alpha value is -2.79. The summed E-state index contributed by atoms with van der Waals surface area (Å²) in [6.07, 6.45) is 1.84. The Balaban J connectivity index is 1.52. The fourth-order valence-electron chi connectivity index (χ4n) is 2.47. The Kier molecular flexibility index (Phi) is 3.96. The van der Waals surface area contributed by atoms with Gasteiger partial charge in [-0.05, 0) is 23.8 Å². The molecule has 3 aromatic rings. The van der Waals surface area contributed by atoms with Crippen LogP contribution in [0.25, 0.3) is 10.6 Å². The third-order valence-corrected chi connectivity index (χ3v) is 5.44. The van der Waals surface area contributed by atoms with Gasteiger partial charge in [0.1, 0.15) is 16.5 Å². The summed E-state index contributed by atoms with van der Waals surface area (Å²) in [5, 5.41) is 10.3. The van der Waals surface area contributed by atoms with Crippen molar-refractivity contribution >= 4 is 33.0 Å². The number of thiazole rings is 1. The monoisotopic (exact) mass is 391 g/mol. The molecule has 1 aliphatic heterocycles. The number of anilines is 1. The lowest BCUT2D eigenvalue weighted by Gasteiger charge is -2.01. The van der Waals surface area contributed by atoms with Crippen LogP contribution in [0, 0.1) is 0 Å². The highest BCUT2D eigenvalue weighted by molar-refractivity contribution is 7.90. The zero-order chi connectivity index (χ0) is 18.3. The zero-order valence-electron chi connectivity index (χ0n) is 13.5. The van der Waals surface area contributed by atoms with Gasteiger partial charge >= 0.3 is 0 Å². The van der Waals surface area contributed by atoms with E-state index in [9.17, 15) is 13.2 Å². The summed E-state index contributed by atoms with van der Waals surface area (Å²) in [7, 11) is -3.55. The fourth-order valence-corrected chi connectivity index (χ4v) is 3.74. The van der Waals surface area contributed by atoms with Gasteiger partial charge in [0, 0.05) is 23.6 Å². The minimum atomic E-state index is -3.55. The molecule has 2 N–H and O–H groups in total. The summed E-state index contributed by atoms with van der Waals surface area (Å²) >= 11 is 1.34. The van der Waals surface area contributed by atoms with Crippen molar-refractivity contribution in [3.8, 4) is 16.3 Å². The van der Waals surface area contributed by atoms with E-state index in [1.54, 1.807) is 5.38 Å². The number of rotatable bonds is 4. The molecule has 1 aliphatic rings. The fraction of sp³-hybridized carbons (Fsp3) is 0.200. The largest absolute Gasteiger partial charge is 0.493 e. The van der Waals surface area contributed by atoms with E-state index in [0.717, 1.165) is 29.6 Å². The van der Waals surface area contributed by atoms with Gasteiger partial charge in [-0.2, -0.15) is 4.98 Å². The number of nitrogens with one attached hydrogen (secondary N) is 2. The molecule has 9 nitrogen and oxygen atoms in total. The molecule has 0 unspecified atom stereocenters. The van der Waals surface area contributed by atoms with Crippen molar-refractivity contribution < 1.29 is 17.9 Å². The topological polar surface area (TPSA) is 127 Å². The van der Waals surface area contributed by atoms with Gasteiger partial charge in [0.2, 0.25) is 15.8 Å². The van der Waals surface area contributed by atoms with E-state index in [2.05, 4.69) is 25.5 Å². The standard InChI is InChI=1S/C15H13N5O4S2/c1-26(22,23)15-18-14(19-20-15)17-12(21)10-7-25-13(16-10)9-2-3-11-8(6-9)4-5-24-11/h2-3,6-7H,4-5H2,1H3,(H2,17,18,19,20,21). The van der Waals surface area contributed by atoms with Gasteiger partial charge in [0.15, 0.2) is 0 Å². The van der Waals surface area contributed by atoms with Crippen molar-refractivity contribution in [2.75, 3.05) is 18.2 Å². The summed E-state index contributed by atoms with van der Waals surface area (Å²) < 4.78 is 28.2. The molecular weight excluding hydrogens is 378 g/mol. The van der Waals surface area contributed by atoms with Crippen molar-refractivity contribution in [3.05, 3.63) is 34.8 Å². The number of fused-ring (bicyclic) bond motifs is 1. The summed E-state index contributed by atoms with van der Waals surface area (Å²) in [4.78, 5) is 20.4. The van der Waals surface area contributed by atoms with Crippen LogP contribution in [-0.2, 0) is 16.3 Å². The molecular formula is C15H13N5O4S2. The van der Waals surface area contributed by atoms with Gasteiger partial charge < -0.3 is 4.74 Å². The van der Waals surface area contributed by atoms with Crippen LogP contribution >= 0.6 is 11.3 Å². The number of sulfone groups is 1. The molecule has 1 aromatic carbocycles. The Morgan fingerprint density at radius 3 is 2.96 bits per heavy atom. The van der Waals surface area contributed by atoms with E-state index in [4.69, 9.17) is 4.74 Å². The van der Waals surface area contributed by atoms with Gasteiger partial charge in [0.05, 0.1) is 6.61 Å². The molecule has 2 aromatic heterocycles. The van der Waals surface area contributed by atoms with Gasteiger partial charge in [0.25, 0.3) is 11.1 Å². The number of hydrogen-bond acceptors (Lipinski definition) is 8. The predicted molar refractivity (Wildman–Crippen MR) is 94.2 cm³/mol. The number of carbonyl (C=O) groups is 1. The number of nitrogens with zero attached hydrogens (tertiary/aromatic N) is 3. The van der Waals surface area contributed by atoms with E-state index >= 15 is 0 Å². The molecule has 3 heterocycles. The average Bonchev–Trinajstić information content (AvgIpc) is 3.33. The summed E-state index contributed by atoms with van der Waals surface area (Å²) in [5.74, 6) is 0.322. The Bertz CT molecular complexity index is 1100. The maximum Gasteiger partial charge on any atom is 0.277 e. The first-order chi connectivity index (χ1) is 12.4. The van der Waals surface area contributed by atoms with E-state index in [0.29, 0.717) is 11.6 Å². The number of benzene rings is 1. The molecule has 134 valence electrons. The van der Waals surface area contributed by atoms with Crippen LogP contribution in [0.2, 0.25) is 0 Å². The first kappa shape index (κ1) is 16.7. The van der Waals surface area contributed by atoms with Crippen LogP contribution < -0.4 is 10.1 Å². The minimum absolute atomic E-state index is 0.0559. The second-order valence-corrected chi connectivity index (χ2v) is 8.42. The van der Waals surface area contributed by atoms with Gasteiger partial charge in [-0.3, -0.25) is 10.1 Å². The van der Waals surface area contributed by atoms with Crippen molar-refractivity contribution in [1.82, 2.24) is 20.2 Å². The normalized spacial score (nSPS) is 13.3. The Morgan fingerprint density at radius 1 is 1.35 bits per heavy atom. The zero-order valence-corrected chi connectivity index (χ0v) is 15.1. The SMILES string of the molecule is CS(=O)(=O)c1n[nH]c(NC(=O)c2csc(-c3ccc4c(c3)CCO4)n2)n1. The number of carbonyl (C=O) groups excluding carboxylic acids is 1. The number of H-pyrrole nitrogens is 1. The minimum Gasteiger partial charge on any atom is -0.493 e. The van der Waals surface area contributed by atoms with Crippen LogP contribution in [0.3, 0.4) is 0 Å². The van der Waals surface area contributed by atoms with Crippen molar-refractivity contribution in [2.45, 2.75) is 11.6 Å². The maximum absolute atomic E-state index is 12.3. The number of aromatic amines is 1. The van der Waals surface area contributed by atoms with Crippen LogP contribution in [-0.4, -0.2) is 47.4 Å². The van der Waals surface area contributed by atoms with Gasteiger partial charge in [-0.25, -0.2) is 18.5 Å². The van der Waals surface area contributed by atoms with E-state index in [-0.39, 0.29) is 16.8 Å². The Morgan fingerprint density at radius 2 is 2.19 bits per heavy atom. The first-order valence-electron chi connectivity index (χ1n) is 7.55. The highest BCUT2D eigenvalue weighted by atomic mass is 32.2. The lowest BCUT2D eigenvalue weighted by atomic mass is 10.1. The quantitative estimate of drug-likeness (QED) is 0.690. The molecule has 4 rings (SSSR count). The van der Waals surface area contributed by atoms with E-state index < -0.39 is 15.7 Å². The Labute approximate surface area is 152 Å². The van der Waals surface area contributed by atoms with Crippen molar-refractivity contribution in [3.63, 3.8) is 0 Å². The van der Waals surface area contributed by atoms with Crippen molar-refractivity contribution in [1.29, 1.82) is 0 Å². The number of ether oxygens (including phenoxy) is 1. The van der Waals surface area contributed by atoms with Gasteiger partial charge in [-0.1, -0.05) is 0 Å².